The molecule has 0 saturated heterocycles. The van der Waals surface area contributed by atoms with Crippen molar-refractivity contribution in [2.45, 2.75) is 38.1 Å². The zero-order valence-electron chi connectivity index (χ0n) is 11.0. The highest BCUT2D eigenvalue weighted by Gasteiger charge is 2.16. The van der Waals surface area contributed by atoms with Gasteiger partial charge in [0, 0.05) is 37.9 Å². The zero-order valence-corrected chi connectivity index (χ0v) is 11.0. The number of carbonyl (C=O) groups is 1. The van der Waals surface area contributed by atoms with Gasteiger partial charge in [-0.25, -0.2) is 0 Å². The number of rotatable bonds is 6. The van der Waals surface area contributed by atoms with E-state index in [1.54, 1.807) is 6.20 Å². The van der Waals surface area contributed by atoms with Crippen LogP contribution < -0.4 is 10.6 Å². The highest BCUT2D eigenvalue weighted by molar-refractivity contribution is 5.78. The Morgan fingerprint density at radius 1 is 1.50 bits per heavy atom. The highest BCUT2D eigenvalue weighted by Crippen LogP contribution is 2.17. The van der Waals surface area contributed by atoms with Crippen LogP contribution in [0, 0.1) is 0 Å². The van der Waals surface area contributed by atoms with Crippen LogP contribution in [0.3, 0.4) is 0 Å². The van der Waals surface area contributed by atoms with Crippen LogP contribution in [0.5, 0.6) is 0 Å². The first kappa shape index (κ1) is 13.1. The molecule has 0 spiro atoms. The third-order valence-corrected chi connectivity index (χ3v) is 3.49. The van der Waals surface area contributed by atoms with Crippen molar-refractivity contribution in [3.05, 3.63) is 18.0 Å². The van der Waals surface area contributed by atoms with Crippen LogP contribution in [-0.2, 0) is 18.3 Å². The van der Waals surface area contributed by atoms with Crippen LogP contribution in [0.15, 0.2) is 12.3 Å². The second-order valence-corrected chi connectivity index (χ2v) is 4.92. The molecule has 1 saturated carbocycles. The lowest BCUT2D eigenvalue weighted by molar-refractivity contribution is -0.120. The van der Waals surface area contributed by atoms with Crippen molar-refractivity contribution in [3.63, 3.8) is 0 Å². The molecule has 0 bridgehead atoms. The van der Waals surface area contributed by atoms with Crippen LogP contribution >= 0.6 is 0 Å². The Morgan fingerprint density at radius 2 is 2.28 bits per heavy atom. The lowest BCUT2D eigenvalue weighted by atomic mass is 10.2. The summed E-state index contributed by atoms with van der Waals surface area (Å²) in [5.74, 6) is 0.118. The van der Waals surface area contributed by atoms with Crippen molar-refractivity contribution >= 4 is 5.91 Å². The van der Waals surface area contributed by atoms with Gasteiger partial charge in [0.05, 0.1) is 6.54 Å². The second kappa shape index (κ2) is 6.54. The molecule has 5 nitrogen and oxygen atoms in total. The molecule has 1 aliphatic carbocycles. The number of hydrogen-bond acceptors (Lipinski definition) is 3. The quantitative estimate of drug-likeness (QED) is 0.727. The first-order valence-corrected chi connectivity index (χ1v) is 6.72. The second-order valence-electron chi connectivity index (χ2n) is 4.92. The number of nitrogens with zero attached hydrogens (tertiary/aromatic N) is 2. The van der Waals surface area contributed by atoms with Crippen LogP contribution in [0.1, 0.15) is 31.4 Å². The summed E-state index contributed by atoms with van der Waals surface area (Å²) in [7, 11) is 1.93. The summed E-state index contributed by atoms with van der Waals surface area (Å²) in [6.45, 7) is 1.21. The number of amides is 1. The average Bonchev–Trinajstić information content (AvgIpc) is 2.97. The monoisotopic (exact) mass is 250 g/mol. The molecule has 1 fully saturated rings. The van der Waals surface area contributed by atoms with E-state index in [9.17, 15) is 4.79 Å². The van der Waals surface area contributed by atoms with Gasteiger partial charge in [-0.05, 0) is 18.9 Å². The van der Waals surface area contributed by atoms with Crippen molar-refractivity contribution in [3.8, 4) is 0 Å². The van der Waals surface area contributed by atoms with E-state index in [4.69, 9.17) is 0 Å². The van der Waals surface area contributed by atoms with Gasteiger partial charge >= 0.3 is 0 Å². The molecule has 0 aromatic carbocycles. The normalized spacial score (nSPS) is 16.1. The van der Waals surface area contributed by atoms with Crippen molar-refractivity contribution in [2.75, 3.05) is 13.1 Å². The van der Waals surface area contributed by atoms with Crippen molar-refractivity contribution < 1.29 is 4.79 Å². The van der Waals surface area contributed by atoms with Crippen LogP contribution in [0.25, 0.3) is 0 Å². The predicted molar refractivity (Wildman–Crippen MR) is 70.2 cm³/mol. The van der Waals surface area contributed by atoms with Crippen molar-refractivity contribution in [1.29, 1.82) is 0 Å². The van der Waals surface area contributed by atoms with E-state index in [0.717, 1.165) is 25.8 Å². The largest absolute Gasteiger partial charge is 0.352 e. The van der Waals surface area contributed by atoms with Crippen LogP contribution in [-0.4, -0.2) is 34.8 Å². The van der Waals surface area contributed by atoms with Gasteiger partial charge in [0.15, 0.2) is 0 Å². The molecule has 1 heterocycles. The maximum absolute atomic E-state index is 11.6. The summed E-state index contributed by atoms with van der Waals surface area (Å²) in [5, 5.41) is 10.3. The predicted octanol–water partition coefficient (Wildman–Crippen LogP) is 0.611. The fraction of sp³-hybridized carbons (Fsp3) is 0.692. The van der Waals surface area contributed by atoms with E-state index in [1.807, 2.05) is 17.8 Å². The molecule has 0 unspecified atom stereocenters. The molecule has 1 aromatic heterocycles. The minimum absolute atomic E-state index is 0.118. The maximum atomic E-state index is 11.6. The van der Waals surface area contributed by atoms with Gasteiger partial charge in [-0.1, -0.05) is 12.8 Å². The summed E-state index contributed by atoms with van der Waals surface area (Å²) in [5.41, 5.74) is 1.18. The van der Waals surface area contributed by atoms with E-state index in [1.165, 1.54) is 18.5 Å². The number of aromatic nitrogens is 2. The Hall–Kier alpha value is -1.36. The fourth-order valence-electron chi connectivity index (χ4n) is 2.41. The molecule has 2 N–H and O–H groups in total. The third-order valence-electron chi connectivity index (χ3n) is 3.49. The van der Waals surface area contributed by atoms with Gasteiger partial charge < -0.3 is 10.6 Å². The van der Waals surface area contributed by atoms with Crippen LogP contribution in [0.4, 0.5) is 0 Å². The molecule has 5 heteroatoms. The summed E-state index contributed by atoms with van der Waals surface area (Å²) in [6.07, 6.45) is 7.47. The third kappa shape index (κ3) is 3.84. The summed E-state index contributed by atoms with van der Waals surface area (Å²) in [6, 6.07) is 2.41. The molecular formula is C13H22N4O. The van der Waals surface area contributed by atoms with Gasteiger partial charge in [-0.15, -0.1) is 0 Å². The van der Waals surface area contributed by atoms with Crippen LogP contribution in [0.2, 0.25) is 0 Å². The number of carbonyl (C=O) groups excluding carboxylic acids is 1. The minimum Gasteiger partial charge on any atom is -0.352 e. The van der Waals surface area contributed by atoms with Gasteiger partial charge in [-0.3, -0.25) is 9.48 Å². The zero-order chi connectivity index (χ0) is 12.8. The van der Waals surface area contributed by atoms with E-state index >= 15 is 0 Å². The molecule has 100 valence electrons. The Morgan fingerprint density at radius 3 is 2.94 bits per heavy atom. The van der Waals surface area contributed by atoms with Gasteiger partial charge in [-0.2, -0.15) is 5.10 Å². The molecule has 0 radical (unpaired) electrons. The first-order chi connectivity index (χ1) is 8.75. The average molecular weight is 250 g/mol. The number of nitrogens with one attached hydrogen (secondary N) is 2. The topological polar surface area (TPSA) is 59.0 Å². The fourth-order valence-corrected chi connectivity index (χ4v) is 2.41. The highest BCUT2D eigenvalue weighted by atomic mass is 16.1. The molecular weight excluding hydrogens is 228 g/mol. The summed E-state index contributed by atoms with van der Waals surface area (Å²) < 4.78 is 1.86. The molecule has 1 aromatic rings. The SMILES string of the molecule is Cn1nccc1CCNCC(=O)NC1CCCC1. The van der Waals surface area contributed by atoms with Gasteiger partial charge in [0.25, 0.3) is 0 Å². The minimum atomic E-state index is 0.118. The van der Waals surface area contributed by atoms with Gasteiger partial charge in [0.2, 0.25) is 5.91 Å². The Balaban J connectivity index is 1.57. The molecule has 0 aliphatic heterocycles. The smallest absolute Gasteiger partial charge is 0.234 e. The molecule has 18 heavy (non-hydrogen) atoms. The van der Waals surface area contributed by atoms with E-state index in [0.29, 0.717) is 12.6 Å². The number of aryl methyl sites for hydroxylation is 1. The Labute approximate surface area is 108 Å². The molecule has 0 atom stereocenters. The molecule has 2 rings (SSSR count). The molecule has 1 aliphatic rings. The lowest BCUT2D eigenvalue weighted by Crippen LogP contribution is -2.39. The Kier molecular flexibility index (Phi) is 4.75. The maximum Gasteiger partial charge on any atom is 0.234 e. The lowest BCUT2D eigenvalue weighted by Gasteiger charge is -2.12. The number of hydrogen-bond donors (Lipinski definition) is 2. The Bertz CT molecular complexity index is 382. The molecule has 1 amide bonds. The van der Waals surface area contributed by atoms with E-state index < -0.39 is 0 Å². The van der Waals surface area contributed by atoms with Crippen molar-refractivity contribution in [1.82, 2.24) is 20.4 Å². The van der Waals surface area contributed by atoms with E-state index in [2.05, 4.69) is 15.7 Å². The summed E-state index contributed by atoms with van der Waals surface area (Å²) >= 11 is 0. The first-order valence-electron chi connectivity index (χ1n) is 6.72. The van der Waals surface area contributed by atoms with E-state index in [-0.39, 0.29) is 5.91 Å². The standard InChI is InChI=1S/C13H22N4O/c1-17-12(7-9-15-17)6-8-14-10-13(18)16-11-4-2-3-5-11/h7,9,11,14H,2-6,8,10H2,1H3,(H,16,18). The van der Waals surface area contributed by atoms with Gasteiger partial charge in [0.1, 0.15) is 0 Å². The van der Waals surface area contributed by atoms with Crippen molar-refractivity contribution in [2.24, 2.45) is 7.05 Å². The summed E-state index contributed by atoms with van der Waals surface area (Å²) in [4.78, 5) is 11.6.